The molecule has 3 heterocycles. The van der Waals surface area contributed by atoms with Crippen LogP contribution in [0.25, 0.3) is 0 Å². The number of rotatable bonds is 8. The summed E-state index contributed by atoms with van der Waals surface area (Å²) in [4.78, 5) is 17.3. The molecule has 1 amide bonds. The largest absolute Gasteiger partial charge is 0.457 e. The van der Waals surface area contributed by atoms with Crippen LogP contribution in [-0.2, 0) is 26.1 Å². The maximum absolute atomic E-state index is 14.1. The summed E-state index contributed by atoms with van der Waals surface area (Å²) in [5.74, 6) is -0.441. The third-order valence-electron chi connectivity index (χ3n) is 6.84. The van der Waals surface area contributed by atoms with Crippen molar-refractivity contribution in [3.05, 3.63) is 84.4 Å². The molecule has 2 aliphatic rings. The molecule has 2 unspecified atom stereocenters. The van der Waals surface area contributed by atoms with Crippen LogP contribution in [0.4, 0.5) is 4.39 Å². The number of nitrogens with zero attached hydrogens (tertiary/aromatic N) is 2. The zero-order chi connectivity index (χ0) is 26.0. The van der Waals surface area contributed by atoms with Crippen molar-refractivity contribution in [2.24, 2.45) is 0 Å². The lowest BCUT2D eigenvalue weighted by Gasteiger charge is -2.45. The fraction of sp³-hybridized carbons (Fsp3) is 0.308. The Hall–Kier alpha value is -3.38. The van der Waals surface area contributed by atoms with Gasteiger partial charge in [0.25, 0.3) is 5.91 Å². The van der Waals surface area contributed by atoms with E-state index in [1.54, 1.807) is 30.0 Å². The summed E-state index contributed by atoms with van der Waals surface area (Å²) in [6.45, 7) is -0.128. The monoisotopic (exact) mass is 527 g/mol. The van der Waals surface area contributed by atoms with Gasteiger partial charge in [-0.25, -0.2) is 18.3 Å². The summed E-state index contributed by atoms with van der Waals surface area (Å²) < 4.78 is 54.2. The molecule has 2 atom stereocenters. The number of aromatic nitrogens is 1. The van der Waals surface area contributed by atoms with Gasteiger partial charge in [-0.1, -0.05) is 6.07 Å². The highest BCUT2D eigenvalue weighted by Crippen LogP contribution is 2.44. The highest BCUT2D eigenvalue weighted by molar-refractivity contribution is 7.89. The molecule has 2 fully saturated rings. The number of ether oxygens (including phenoxy) is 2. The number of hydrogen-bond acceptors (Lipinski definition) is 7. The second-order valence-electron chi connectivity index (χ2n) is 9.24. The first-order chi connectivity index (χ1) is 17.8. The molecule has 2 aromatic carbocycles. The Kier molecular flexibility index (Phi) is 6.95. The first kappa shape index (κ1) is 25.3. The van der Waals surface area contributed by atoms with E-state index in [1.807, 2.05) is 0 Å². The fourth-order valence-corrected chi connectivity index (χ4v) is 6.84. The second-order valence-corrected chi connectivity index (χ2v) is 11.1. The molecule has 0 radical (unpaired) electrons. The number of nitrogens with one attached hydrogen (secondary N) is 1. The van der Waals surface area contributed by atoms with E-state index in [0.29, 0.717) is 29.9 Å². The van der Waals surface area contributed by atoms with E-state index in [-0.39, 0.29) is 36.5 Å². The Labute approximate surface area is 213 Å². The predicted molar refractivity (Wildman–Crippen MR) is 130 cm³/mol. The van der Waals surface area contributed by atoms with Crippen molar-refractivity contribution in [2.45, 2.75) is 54.9 Å². The summed E-state index contributed by atoms with van der Waals surface area (Å²) >= 11 is 0. The lowest BCUT2D eigenvalue weighted by atomic mass is 9.85. The van der Waals surface area contributed by atoms with Crippen molar-refractivity contribution in [1.82, 2.24) is 14.8 Å². The van der Waals surface area contributed by atoms with Gasteiger partial charge in [0.1, 0.15) is 22.9 Å². The minimum Gasteiger partial charge on any atom is -0.457 e. The molecule has 2 saturated heterocycles. The molecular weight excluding hydrogens is 501 g/mol. The van der Waals surface area contributed by atoms with Crippen LogP contribution < -0.4 is 10.2 Å². The summed E-state index contributed by atoms with van der Waals surface area (Å²) in [5, 5.41) is 9.68. The minimum atomic E-state index is -4.25. The van der Waals surface area contributed by atoms with Crippen LogP contribution >= 0.6 is 0 Å². The number of pyridine rings is 1. The topological polar surface area (TPSA) is 118 Å². The Morgan fingerprint density at radius 2 is 1.70 bits per heavy atom. The second kappa shape index (κ2) is 10.2. The first-order valence-electron chi connectivity index (χ1n) is 11.9. The van der Waals surface area contributed by atoms with Crippen LogP contribution in [-0.4, -0.2) is 46.6 Å². The van der Waals surface area contributed by atoms with Gasteiger partial charge in [0.05, 0.1) is 17.1 Å². The summed E-state index contributed by atoms with van der Waals surface area (Å²) in [5.41, 5.74) is 0.742. The van der Waals surface area contributed by atoms with E-state index in [9.17, 15) is 22.8 Å². The highest BCUT2D eigenvalue weighted by Gasteiger charge is 2.56. The van der Waals surface area contributed by atoms with E-state index in [4.69, 9.17) is 9.47 Å². The maximum atomic E-state index is 14.1. The number of hydroxylamine groups is 1. The van der Waals surface area contributed by atoms with Gasteiger partial charge in [-0.05, 0) is 73.0 Å². The van der Waals surface area contributed by atoms with Gasteiger partial charge in [-0.3, -0.25) is 15.0 Å². The predicted octanol–water partition coefficient (Wildman–Crippen LogP) is 3.79. The SMILES string of the molecule is O=C(NO)C1(N(Cc2cccnc2)S(=O)(=O)c2ccc(Oc3ccc(F)cc3)cc2)CC2CCC(C1)O2. The average Bonchev–Trinajstić information content (AvgIpc) is 3.26. The molecule has 3 aromatic rings. The minimum absolute atomic E-state index is 0.0493. The molecule has 5 rings (SSSR count). The van der Waals surface area contributed by atoms with Crippen LogP contribution in [0.15, 0.2) is 78.0 Å². The molecule has 0 aliphatic carbocycles. The van der Waals surface area contributed by atoms with Gasteiger partial charge in [-0.2, -0.15) is 4.31 Å². The van der Waals surface area contributed by atoms with Gasteiger partial charge >= 0.3 is 0 Å². The summed E-state index contributed by atoms with van der Waals surface area (Å²) in [7, 11) is -4.25. The third kappa shape index (κ3) is 5.08. The maximum Gasteiger partial charge on any atom is 0.265 e. The van der Waals surface area contributed by atoms with Crippen molar-refractivity contribution in [1.29, 1.82) is 0 Å². The smallest absolute Gasteiger partial charge is 0.265 e. The van der Waals surface area contributed by atoms with Gasteiger partial charge < -0.3 is 9.47 Å². The van der Waals surface area contributed by atoms with Crippen molar-refractivity contribution in [3.63, 3.8) is 0 Å². The molecule has 0 spiro atoms. The Bertz CT molecular complexity index is 1340. The Morgan fingerprint density at radius 3 is 2.27 bits per heavy atom. The molecular formula is C26H26FN3O6S. The molecule has 1 aromatic heterocycles. The quantitative estimate of drug-likeness (QED) is 0.338. The molecule has 2 bridgehead atoms. The lowest BCUT2D eigenvalue weighted by Crippen LogP contribution is -2.63. The van der Waals surface area contributed by atoms with Gasteiger partial charge in [-0.15, -0.1) is 0 Å². The van der Waals surface area contributed by atoms with E-state index in [1.165, 1.54) is 48.5 Å². The Balaban J connectivity index is 1.52. The number of carbonyl (C=O) groups excluding carboxylic acids is 1. The molecule has 2 aliphatic heterocycles. The van der Waals surface area contributed by atoms with E-state index in [2.05, 4.69) is 4.98 Å². The van der Waals surface area contributed by atoms with Gasteiger partial charge in [0.2, 0.25) is 10.0 Å². The third-order valence-corrected chi connectivity index (χ3v) is 8.76. The molecule has 0 saturated carbocycles. The van der Waals surface area contributed by atoms with Crippen molar-refractivity contribution in [2.75, 3.05) is 0 Å². The lowest BCUT2D eigenvalue weighted by molar-refractivity contribution is -0.150. The van der Waals surface area contributed by atoms with Crippen molar-refractivity contribution < 1.29 is 32.3 Å². The number of hydrogen-bond donors (Lipinski definition) is 2. The van der Waals surface area contributed by atoms with Crippen molar-refractivity contribution >= 4 is 15.9 Å². The average molecular weight is 528 g/mol. The van der Waals surface area contributed by atoms with Crippen LogP contribution in [0.5, 0.6) is 11.5 Å². The normalized spacial score (nSPS) is 23.1. The number of sulfonamides is 1. The Morgan fingerprint density at radius 1 is 1.08 bits per heavy atom. The van der Waals surface area contributed by atoms with Gasteiger partial charge in [0, 0.05) is 31.8 Å². The van der Waals surface area contributed by atoms with Crippen LogP contribution in [0.2, 0.25) is 0 Å². The van der Waals surface area contributed by atoms with E-state index in [0.717, 1.165) is 4.31 Å². The number of amides is 1. The van der Waals surface area contributed by atoms with Gasteiger partial charge in [0.15, 0.2) is 0 Å². The molecule has 9 nitrogen and oxygen atoms in total. The highest BCUT2D eigenvalue weighted by atomic mass is 32.2. The summed E-state index contributed by atoms with van der Waals surface area (Å²) in [6.07, 6.45) is 4.17. The zero-order valence-corrected chi connectivity index (χ0v) is 20.6. The number of carbonyl (C=O) groups is 1. The molecule has 37 heavy (non-hydrogen) atoms. The molecule has 11 heteroatoms. The molecule has 2 N–H and O–H groups in total. The van der Waals surface area contributed by atoms with Crippen LogP contribution in [0, 0.1) is 5.82 Å². The molecule has 194 valence electrons. The van der Waals surface area contributed by atoms with E-state index < -0.39 is 27.3 Å². The number of fused-ring (bicyclic) bond motifs is 2. The standard InChI is InChI=1S/C26H26FN3O6S/c27-19-3-5-20(6-4-19)35-21-9-11-24(12-10-21)37(33,34)30(17-18-2-1-13-28-16-18)26(25(31)29-32)14-22-7-8-23(15-26)36-22/h1-6,9-13,16,22-23,32H,7-8,14-15,17H2,(H,29,31). The fourth-order valence-electron chi connectivity index (χ4n) is 5.09. The first-order valence-corrected chi connectivity index (χ1v) is 13.3. The van der Waals surface area contributed by atoms with E-state index >= 15 is 0 Å². The number of halogens is 1. The number of benzene rings is 2. The van der Waals surface area contributed by atoms with Crippen LogP contribution in [0.3, 0.4) is 0 Å². The van der Waals surface area contributed by atoms with Crippen LogP contribution in [0.1, 0.15) is 31.2 Å². The van der Waals surface area contributed by atoms with Crippen molar-refractivity contribution in [3.8, 4) is 11.5 Å². The zero-order valence-electron chi connectivity index (χ0n) is 19.8. The summed E-state index contributed by atoms with van der Waals surface area (Å²) in [6, 6.07) is 14.6.